The van der Waals surface area contributed by atoms with E-state index in [1.54, 1.807) is 23.5 Å². The predicted octanol–water partition coefficient (Wildman–Crippen LogP) is 4.31. The monoisotopic (exact) mass is 290 g/mol. The molecule has 2 nitrogen and oxygen atoms in total. The summed E-state index contributed by atoms with van der Waals surface area (Å²) in [5.74, 6) is 0.519. The standard InChI is InChI=1S/C16H19FN2S/c1-11-6-8-16(18,9-7-11)15-19-14(10-20-15)12-4-2-3-5-13(12)17/h2-5,10-11H,6-9,18H2,1H3. The van der Waals surface area contributed by atoms with Crippen LogP contribution in [0, 0.1) is 11.7 Å². The van der Waals surface area contributed by atoms with Crippen molar-refractivity contribution in [3.05, 3.63) is 40.5 Å². The molecule has 1 aromatic carbocycles. The Balaban J connectivity index is 1.89. The van der Waals surface area contributed by atoms with Crippen LogP contribution in [0.1, 0.15) is 37.6 Å². The first kappa shape index (κ1) is 13.7. The van der Waals surface area contributed by atoms with Crippen molar-refractivity contribution in [3.8, 4) is 11.3 Å². The van der Waals surface area contributed by atoms with Crippen LogP contribution in [-0.4, -0.2) is 4.98 Å². The summed E-state index contributed by atoms with van der Waals surface area (Å²) in [6, 6.07) is 6.76. The number of nitrogens with zero attached hydrogens (tertiary/aromatic N) is 1. The van der Waals surface area contributed by atoms with Gasteiger partial charge in [-0.1, -0.05) is 19.1 Å². The summed E-state index contributed by atoms with van der Waals surface area (Å²) in [5.41, 5.74) is 7.47. The van der Waals surface area contributed by atoms with Gasteiger partial charge in [0.05, 0.1) is 11.2 Å². The minimum Gasteiger partial charge on any atom is -0.319 e. The van der Waals surface area contributed by atoms with Crippen molar-refractivity contribution in [2.45, 2.75) is 38.1 Å². The van der Waals surface area contributed by atoms with Crippen LogP contribution in [0.2, 0.25) is 0 Å². The molecule has 0 unspecified atom stereocenters. The van der Waals surface area contributed by atoms with Crippen LogP contribution in [-0.2, 0) is 5.54 Å². The van der Waals surface area contributed by atoms with E-state index in [0.717, 1.165) is 36.6 Å². The highest BCUT2D eigenvalue weighted by molar-refractivity contribution is 7.10. The molecule has 1 aliphatic rings. The molecule has 4 heteroatoms. The maximum Gasteiger partial charge on any atom is 0.132 e. The van der Waals surface area contributed by atoms with E-state index in [1.807, 2.05) is 11.4 Å². The van der Waals surface area contributed by atoms with Gasteiger partial charge in [0.15, 0.2) is 0 Å². The van der Waals surface area contributed by atoms with Gasteiger partial charge in [-0.25, -0.2) is 9.37 Å². The van der Waals surface area contributed by atoms with E-state index in [1.165, 1.54) is 6.07 Å². The summed E-state index contributed by atoms with van der Waals surface area (Å²) in [4.78, 5) is 4.62. The van der Waals surface area contributed by atoms with Crippen LogP contribution in [0.4, 0.5) is 4.39 Å². The maximum atomic E-state index is 13.8. The molecular weight excluding hydrogens is 271 g/mol. The zero-order valence-electron chi connectivity index (χ0n) is 11.6. The van der Waals surface area contributed by atoms with Crippen molar-refractivity contribution < 1.29 is 4.39 Å². The molecule has 0 amide bonds. The fourth-order valence-electron chi connectivity index (χ4n) is 2.79. The molecule has 1 heterocycles. The fraction of sp³-hybridized carbons (Fsp3) is 0.438. The number of benzene rings is 1. The molecule has 20 heavy (non-hydrogen) atoms. The minimum absolute atomic E-state index is 0.229. The van der Waals surface area contributed by atoms with E-state index in [2.05, 4.69) is 11.9 Å². The van der Waals surface area contributed by atoms with E-state index in [9.17, 15) is 4.39 Å². The lowest BCUT2D eigenvalue weighted by Gasteiger charge is -2.34. The lowest BCUT2D eigenvalue weighted by atomic mass is 9.78. The van der Waals surface area contributed by atoms with E-state index >= 15 is 0 Å². The summed E-state index contributed by atoms with van der Waals surface area (Å²) in [7, 11) is 0. The van der Waals surface area contributed by atoms with Crippen molar-refractivity contribution in [2.24, 2.45) is 11.7 Å². The van der Waals surface area contributed by atoms with Crippen molar-refractivity contribution in [1.82, 2.24) is 4.98 Å². The Morgan fingerprint density at radius 3 is 2.70 bits per heavy atom. The van der Waals surface area contributed by atoms with Crippen LogP contribution >= 0.6 is 11.3 Å². The van der Waals surface area contributed by atoms with Crippen molar-refractivity contribution in [1.29, 1.82) is 0 Å². The van der Waals surface area contributed by atoms with E-state index in [4.69, 9.17) is 5.73 Å². The molecule has 0 aliphatic heterocycles. The van der Waals surface area contributed by atoms with Gasteiger partial charge in [-0.3, -0.25) is 0 Å². The smallest absolute Gasteiger partial charge is 0.132 e. The van der Waals surface area contributed by atoms with Crippen LogP contribution in [0.25, 0.3) is 11.3 Å². The Hall–Kier alpha value is -1.26. The summed E-state index contributed by atoms with van der Waals surface area (Å²) in [6.07, 6.45) is 4.23. The number of aromatic nitrogens is 1. The predicted molar refractivity (Wildman–Crippen MR) is 81.0 cm³/mol. The van der Waals surface area contributed by atoms with E-state index in [0.29, 0.717) is 11.3 Å². The third-order valence-electron chi connectivity index (χ3n) is 4.25. The molecule has 1 aliphatic carbocycles. The highest BCUT2D eigenvalue weighted by Gasteiger charge is 2.34. The van der Waals surface area contributed by atoms with Gasteiger partial charge in [0.25, 0.3) is 0 Å². The first-order chi connectivity index (χ1) is 9.58. The summed E-state index contributed by atoms with van der Waals surface area (Å²) >= 11 is 1.56. The van der Waals surface area contributed by atoms with Gasteiger partial charge in [-0.2, -0.15) is 0 Å². The quantitative estimate of drug-likeness (QED) is 0.895. The average molecular weight is 290 g/mol. The molecule has 0 atom stereocenters. The number of halogens is 1. The Morgan fingerprint density at radius 1 is 1.30 bits per heavy atom. The van der Waals surface area contributed by atoms with Crippen LogP contribution in [0.15, 0.2) is 29.6 Å². The third-order valence-corrected chi connectivity index (χ3v) is 5.31. The first-order valence-corrected chi connectivity index (χ1v) is 7.96. The normalized spacial score (nSPS) is 26.6. The van der Waals surface area contributed by atoms with Crippen LogP contribution < -0.4 is 5.73 Å². The Bertz CT molecular complexity index is 600. The second kappa shape index (κ2) is 5.26. The topological polar surface area (TPSA) is 38.9 Å². The SMILES string of the molecule is CC1CCC(N)(c2nc(-c3ccccc3F)cs2)CC1. The molecule has 0 radical (unpaired) electrons. The molecule has 2 N–H and O–H groups in total. The molecule has 1 aromatic heterocycles. The van der Waals surface area contributed by atoms with Gasteiger partial charge >= 0.3 is 0 Å². The van der Waals surface area contributed by atoms with Gasteiger partial charge in [-0.15, -0.1) is 11.3 Å². The van der Waals surface area contributed by atoms with E-state index in [-0.39, 0.29) is 11.4 Å². The Kier molecular flexibility index (Phi) is 3.61. The van der Waals surface area contributed by atoms with Gasteiger partial charge in [0, 0.05) is 10.9 Å². The zero-order valence-corrected chi connectivity index (χ0v) is 12.4. The number of thiazole rings is 1. The van der Waals surface area contributed by atoms with Gasteiger partial charge < -0.3 is 5.73 Å². The molecular formula is C16H19FN2S. The number of nitrogens with two attached hydrogens (primary N) is 1. The summed E-state index contributed by atoms with van der Waals surface area (Å²) in [5, 5.41) is 2.86. The fourth-order valence-corrected chi connectivity index (χ4v) is 3.78. The molecule has 0 saturated heterocycles. The minimum atomic E-state index is -0.319. The number of rotatable bonds is 2. The molecule has 1 fully saturated rings. The first-order valence-electron chi connectivity index (χ1n) is 7.08. The van der Waals surface area contributed by atoms with Crippen LogP contribution in [0.5, 0.6) is 0 Å². The Labute approximate surface area is 122 Å². The van der Waals surface area contributed by atoms with Gasteiger partial charge in [0.1, 0.15) is 10.8 Å². The van der Waals surface area contributed by atoms with Crippen molar-refractivity contribution >= 4 is 11.3 Å². The molecule has 0 spiro atoms. The van der Waals surface area contributed by atoms with E-state index < -0.39 is 0 Å². The van der Waals surface area contributed by atoms with Gasteiger partial charge in [-0.05, 0) is 43.7 Å². The number of hydrogen-bond donors (Lipinski definition) is 1. The second-order valence-electron chi connectivity index (χ2n) is 5.86. The Morgan fingerprint density at radius 2 is 2.00 bits per heavy atom. The molecule has 1 saturated carbocycles. The lowest BCUT2D eigenvalue weighted by Crippen LogP contribution is -2.40. The van der Waals surface area contributed by atoms with Crippen LogP contribution in [0.3, 0.4) is 0 Å². The average Bonchev–Trinajstić information content (AvgIpc) is 2.93. The molecule has 2 aromatic rings. The molecule has 106 valence electrons. The maximum absolute atomic E-state index is 13.8. The second-order valence-corrected chi connectivity index (χ2v) is 6.71. The highest BCUT2D eigenvalue weighted by Crippen LogP contribution is 2.39. The third kappa shape index (κ3) is 2.50. The van der Waals surface area contributed by atoms with Gasteiger partial charge in [0.2, 0.25) is 0 Å². The van der Waals surface area contributed by atoms with Crippen molar-refractivity contribution in [3.63, 3.8) is 0 Å². The summed E-state index contributed by atoms with van der Waals surface area (Å²) < 4.78 is 13.8. The zero-order chi connectivity index (χ0) is 14.2. The molecule has 3 rings (SSSR count). The number of hydrogen-bond acceptors (Lipinski definition) is 3. The summed E-state index contributed by atoms with van der Waals surface area (Å²) in [6.45, 7) is 2.27. The van der Waals surface area contributed by atoms with Crippen molar-refractivity contribution in [2.75, 3.05) is 0 Å². The largest absolute Gasteiger partial charge is 0.319 e. The highest BCUT2D eigenvalue weighted by atomic mass is 32.1. The molecule has 0 bridgehead atoms. The lowest BCUT2D eigenvalue weighted by molar-refractivity contribution is 0.247.